The highest BCUT2D eigenvalue weighted by molar-refractivity contribution is 5.75. The lowest BCUT2D eigenvalue weighted by atomic mass is 10.1. The van der Waals surface area contributed by atoms with Gasteiger partial charge in [-0.05, 0) is 31.9 Å². The first-order valence-electron chi connectivity index (χ1n) is 8.43. The highest BCUT2D eigenvalue weighted by Crippen LogP contribution is 2.16. The Morgan fingerprint density at radius 1 is 1.14 bits per heavy atom. The quantitative estimate of drug-likeness (QED) is 0.688. The second-order valence-electron chi connectivity index (χ2n) is 5.95. The summed E-state index contributed by atoms with van der Waals surface area (Å²) in [6.45, 7) is 8.66. The average molecular weight is 287 g/mol. The summed E-state index contributed by atoms with van der Waals surface area (Å²) in [6.07, 6.45) is 6.33. The molecule has 3 nitrogen and oxygen atoms in total. The molecule has 1 aromatic carbocycles. The summed E-state index contributed by atoms with van der Waals surface area (Å²) < 4.78 is 2.36. The molecule has 0 radical (unpaired) electrons. The first-order chi connectivity index (χ1) is 10.3. The van der Waals surface area contributed by atoms with Gasteiger partial charge in [-0.15, -0.1) is 0 Å². The van der Waals surface area contributed by atoms with Crippen LogP contribution in [0.2, 0.25) is 0 Å². The number of nitrogens with one attached hydrogen (secondary N) is 1. The van der Waals surface area contributed by atoms with Gasteiger partial charge >= 0.3 is 0 Å². The highest BCUT2D eigenvalue weighted by Gasteiger charge is 2.10. The van der Waals surface area contributed by atoms with Gasteiger partial charge in [0.15, 0.2) is 0 Å². The Bertz CT molecular complexity index is 544. The second kappa shape index (κ2) is 8.18. The molecule has 0 saturated carbocycles. The smallest absolute Gasteiger partial charge is 0.123 e. The number of rotatable bonds is 9. The minimum absolute atomic E-state index is 0.562. The molecule has 1 unspecified atom stereocenters. The van der Waals surface area contributed by atoms with E-state index in [1.165, 1.54) is 37.0 Å². The van der Waals surface area contributed by atoms with Gasteiger partial charge in [0.1, 0.15) is 5.82 Å². The predicted octanol–water partition coefficient (Wildman–Crippen LogP) is 4.50. The van der Waals surface area contributed by atoms with Crippen LogP contribution in [0.25, 0.3) is 11.0 Å². The van der Waals surface area contributed by atoms with Crippen LogP contribution in [-0.4, -0.2) is 15.6 Å². The van der Waals surface area contributed by atoms with Gasteiger partial charge in [-0.2, -0.15) is 0 Å². The molecule has 0 fully saturated rings. The molecule has 0 aliphatic rings. The van der Waals surface area contributed by atoms with Crippen LogP contribution in [-0.2, 0) is 13.1 Å². The number of hydrogen-bond acceptors (Lipinski definition) is 2. The number of hydrogen-bond donors (Lipinski definition) is 1. The number of fused-ring (bicyclic) bond motifs is 1. The molecule has 116 valence electrons. The van der Waals surface area contributed by atoms with Gasteiger partial charge < -0.3 is 9.88 Å². The van der Waals surface area contributed by atoms with Gasteiger partial charge in [0, 0.05) is 12.6 Å². The van der Waals surface area contributed by atoms with Crippen molar-refractivity contribution in [3.8, 4) is 0 Å². The largest absolute Gasteiger partial charge is 0.327 e. The summed E-state index contributed by atoms with van der Waals surface area (Å²) in [7, 11) is 0. The number of unbranched alkanes of at least 4 members (excludes halogenated alkanes) is 2. The normalized spacial score (nSPS) is 12.9. The van der Waals surface area contributed by atoms with Crippen molar-refractivity contribution in [3.63, 3.8) is 0 Å². The molecule has 1 N–H and O–H groups in total. The molecule has 0 bridgehead atoms. The molecule has 2 rings (SSSR count). The zero-order valence-electron chi connectivity index (χ0n) is 13.7. The molecule has 2 aromatic rings. The molecule has 3 heteroatoms. The van der Waals surface area contributed by atoms with Gasteiger partial charge in [0.25, 0.3) is 0 Å². The molecule has 1 aromatic heterocycles. The van der Waals surface area contributed by atoms with Crippen LogP contribution in [0.15, 0.2) is 24.3 Å². The van der Waals surface area contributed by atoms with E-state index < -0.39 is 0 Å². The van der Waals surface area contributed by atoms with E-state index in [0.717, 1.165) is 25.0 Å². The van der Waals surface area contributed by atoms with Crippen LogP contribution in [0.4, 0.5) is 0 Å². The Hall–Kier alpha value is -1.35. The number of nitrogens with zero attached hydrogens (tertiary/aromatic N) is 2. The Balaban J connectivity index is 2.02. The number of imidazole rings is 1. The third kappa shape index (κ3) is 4.31. The molecule has 0 saturated heterocycles. The zero-order chi connectivity index (χ0) is 15.1. The maximum absolute atomic E-state index is 4.80. The van der Waals surface area contributed by atoms with Crippen molar-refractivity contribution in [1.29, 1.82) is 0 Å². The monoisotopic (exact) mass is 287 g/mol. The first-order valence-corrected chi connectivity index (χ1v) is 8.43. The van der Waals surface area contributed by atoms with Gasteiger partial charge in [0.05, 0.1) is 17.6 Å². The molecule has 1 atom stereocenters. The van der Waals surface area contributed by atoms with E-state index in [-0.39, 0.29) is 0 Å². The van der Waals surface area contributed by atoms with E-state index in [1.54, 1.807) is 0 Å². The van der Waals surface area contributed by atoms with Crippen LogP contribution in [0.3, 0.4) is 0 Å². The topological polar surface area (TPSA) is 29.9 Å². The molecule has 21 heavy (non-hydrogen) atoms. The fourth-order valence-electron chi connectivity index (χ4n) is 2.80. The molecule has 0 amide bonds. The predicted molar refractivity (Wildman–Crippen MR) is 90.5 cm³/mol. The first kappa shape index (κ1) is 16.0. The third-order valence-corrected chi connectivity index (χ3v) is 4.03. The lowest BCUT2D eigenvalue weighted by Crippen LogP contribution is -2.27. The van der Waals surface area contributed by atoms with Gasteiger partial charge in [-0.3, -0.25) is 0 Å². The summed E-state index contributed by atoms with van der Waals surface area (Å²) in [5.41, 5.74) is 2.37. The molecular formula is C18H29N3. The number of para-hydroxylation sites is 2. The summed E-state index contributed by atoms with van der Waals surface area (Å²) in [5.74, 6) is 1.17. The van der Waals surface area contributed by atoms with E-state index in [0.29, 0.717) is 6.04 Å². The minimum atomic E-state index is 0.562. The Labute approximate surface area is 128 Å². The zero-order valence-corrected chi connectivity index (χ0v) is 13.7. The number of aryl methyl sites for hydroxylation is 1. The van der Waals surface area contributed by atoms with Crippen molar-refractivity contribution < 1.29 is 0 Å². The summed E-state index contributed by atoms with van der Waals surface area (Å²) in [4.78, 5) is 4.80. The molecular weight excluding hydrogens is 258 g/mol. The molecule has 0 aliphatic heterocycles. The lowest BCUT2D eigenvalue weighted by Gasteiger charge is -2.14. The SMILES string of the molecule is CCCCCC(C)NCc1nc2ccccc2n1CCC. The summed E-state index contributed by atoms with van der Waals surface area (Å²) in [5, 5.41) is 3.63. The third-order valence-electron chi connectivity index (χ3n) is 4.03. The highest BCUT2D eigenvalue weighted by atomic mass is 15.1. The fraction of sp³-hybridized carbons (Fsp3) is 0.611. The van der Waals surface area contributed by atoms with Crippen molar-refractivity contribution in [1.82, 2.24) is 14.9 Å². The van der Waals surface area contributed by atoms with E-state index in [4.69, 9.17) is 4.98 Å². The molecule has 1 heterocycles. The minimum Gasteiger partial charge on any atom is -0.327 e. The standard InChI is InChI=1S/C18H29N3/c1-4-6-7-10-15(3)19-14-18-20-16-11-8-9-12-17(16)21(18)13-5-2/h8-9,11-12,15,19H,4-7,10,13-14H2,1-3H3. The summed E-state index contributed by atoms with van der Waals surface area (Å²) in [6, 6.07) is 9.00. The maximum atomic E-state index is 4.80. The van der Waals surface area contributed by atoms with Gasteiger partial charge in [-0.1, -0.05) is 45.2 Å². The van der Waals surface area contributed by atoms with Gasteiger partial charge in [-0.25, -0.2) is 4.98 Å². The van der Waals surface area contributed by atoms with Gasteiger partial charge in [0.2, 0.25) is 0 Å². The fourth-order valence-corrected chi connectivity index (χ4v) is 2.80. The summed E-state index contributed by atoms with van der Waals surface area (Å²) >= 11 is 0. The number of aromatic nitrogens is 2. The van der Waals surface area contributed by atoms with Crippen molar-refractivity contribution in [2.75, 3.05) is 0 Å². The van der Waals surface area contributed by atoms with Crippen LogP contribution >= 0.6 is 0 Å². The van der Waals surface area contributed by atoms with Crippen LogP contribution in [0.1, 0.15) is 58.7 Å². The van der Waals surface area contributed by atoms with Crippen LogP contribution in [0.5, 0.6) is 0 Å². The van der Waals surface area contributed by atoms with Crippen LogP contribution < -0.4 is 5.32 Å². The lowest BCUT2D eigenvalue weighted by molar-refractivity contribution is 0.472. The van der Waals surface area contributed by atoms with E-state index in [9.17, 15) is 0 Å². The average Bonchev–Trinajstić information content (AvgIpc) is 2.84. The van der Waals surface area contributed by atoms with E-state index in [1.807, 2.05) is 0 Å². The Morgan fingerprint density at radius 3 is 2.71 bits per heavy atom. The Kier molecular flexibility index (Phi) is 6.24. The second-order valence-corrected chi connectivity index (χ2v) is 5.95. The number of benzene rings is 1. The van der Waals surface area contributed by atoms with Crippen LogP contribution in [0, 0.1) is 0 Å². The van der Waals surface area contributed by atoms with Crippen molar-refractivity contribution >= 4 is 11.0 Å². The Morgan fingerprint density at radius 2 is 1.95 bits per heavy atom. The van der Waals surface area contributed by atoms with Crippen molar-refractivity contribution in [3.05, 3.63) is 30.1 Å². The van der Waals surface area contributed by atoms with Crippen molar-refractivity contribution in [2.45, 2.75) is 72.0 Å². The molecule has 0 aliphatic carbocycles. The van der Waals surface area contributed by atoms with Crippen molar-refractivity contribution in [2.24, 2.45) is 0 Å². The molecule has 0 spiro atoms. The van der Waals surface area contributed by atoms with E-state index >= 15 is 0 Å². The maximum Gasteiger partial charge on any atom is 0.123 e. The van der Waals surface area contributed by atoms with E-state index in [2.05, 4.69) is 54.9 Å².